The zero-order valence-electron chi connectivity index (χ0n) is 11.8. The SMILES string of the molecule is O=c1ccc(C(F)(F)F)cn1CCS(=O)(=O)c1cc(Cl)ccc1Cl. The number of rotatable bonds is 4. The van der Waals surface area contributed by atoms with Crippen LogP contribution in [-0.4, -0.2) is 18.7 Å². The van der Waals surface area contributed by atoms with Crippen molar-refractivity contribution >= 4 is 33.0 Å². The van der Waals surface area contributed by atoms with Gasteiger partial charge in [0, 0.05) is 23.8 Å². The van der Waals surface area contributed by atoms with Crippen LogP contribution in [0, 0.1) is 0 Å². The van der Waals surface area contributed by atoms with E-state index in [0.717, 1.165) is 12.1 Å². The van der Waals surface area contributed by atoms with Crippen LogP contribution in [0.25, 0.3) is 0 Å². The average Bonchev–Trinajstić information content (AvgIpc) is 2.47. The number of hydrogen-bond acceptors (Lipinski definition) is 3. The normalized spacial score (nSPS) is 12.4. The van der Waals surface area contributed by atoms with Crippen LogP contribution in [-0.2, 0) is 22.6 Å². The second-order valence-electron chi connectivity index (χ2n) is 4.84. The lowest BCUT2D eigenvalue weighted by Crippen LogP contribution is -2.25. The van der Waals surface area contributed by atoms with E-state index in [0.29, 0.717) is 16.8 Å². The van der Waals surface area contributed by atoms with Gasteiger partial charge in [0.2, 0.25) is 0 Å². The molecule has 10 heteroatoms. The van der Waals surface area contributed by atoms with Gasteiger partial charge in [-0.2, -0.15) is 13.2 Å². The fraction of sp³-hybridized carbons (Fsp3) is 0.214. The molecule has 0 aliphatic carbocycles. The highest BCUT2D eigenvalue weighted by Crippen LogP contribution is 2.28. The van der Waals surface area contributed by atoms with Gasteiger partial charge in [-0.3, -0.25) is 4.79 Å². The summed E-state index contributed by atoms with van der Waals surface area (Å²) in [6, 6.07) is 5.23. The number of nitrogens with zero attached hydrogens (tertiary/aromatic N) is 1. The fourth-order valence-corrected chi connectivity index (χ4v) is 3.95. The van der Waals surface area contributed by atoms with Gasteiger partial charge >= 0.3 is 6.18 Å². The van der Waals surface area contributed by atoms with Gasteiger partial charge in [0.25, 0.3) is 5.56 Å². The van der Waals surface area contributed by atoms with Crippen LogP contribution in [0.15, 0.2) is 46.2 Å². The maximum absolute atomic E-state index is 12.7. The Morgan fingerprint density at radius 1 is 1.08 bits per heavy atom. The van der Waals surface area contributed by atoms with Gasteiger partial charge in [0.1, 0.15) is 0 Å². The van der Waals surface area contributed by atoms with Gasteiger partial charge < -0.3 is 4.57 Å². The largest absolute Gasteiger partial charge is 0.417 e. The summed E-state index contributed by atoms with van der Waals surface area (Å²) in [6.45, 7) is -0.450. The molecule has 0 bridgehead atoms. The van der Waals surface area contributed by atoms with E-state index in [1.165, 1.54) is 12.1 Å². The van der Waals surface area contributed by atoms with Crippen molar-refractivity contribution in [3.63, 3.8) is 0 Å². The molecular weight excluding hydrogens is 390 g/mol. The van der Waals surface area contributed by atoms with Crippen LogP contribution in [0.2, 0.25) is 10.0 Å². The molecule has 1 aromatic heterocycles. The minimum Gasteiger partial charge on any atom is -0.314 e. The Labute approximate surface area is 145 Å². The third kappa shape index (κ3) is 4.31. The van der Waals surface area contributed by atoms with Crippen molar-refractivity contribution in [1.82, 2.24) is 4.57 Å². The van der Waals surface area contributed by atoms with Crippen LogP contribution in [0.1, 0.15) is 5.56 Å². The van der Waals surface area contributed by atoms with Crippen LogP contribution < -0.4 is 5.56 Å². The van der Waals surface area contributed by atoms with E-state index in [4.69, 9.17) is 23.2 Å². The molecule has 1 heterocycles. The minimum atomic E-state index is -4.63. The van der Waals surface area contributed by atoms with Crippen LogP contribution in [0.4, 0.5) is 13.2 Å². The molecule has 1 aromatic carbocycles. The Bertz CT molecular complexity index is 924. The summed E-state index contributed by atoms with van der Waals surface area (Å²) in [6.07, 6.45) is -4.05. The average molecular weight is 400 g/mol. The number of hydrogen-bond donors (Lipinski definition) is 0. The molecule has 0 spiro atoms. The van der Waals surface area contributed by atoms with Crippen molar-refractivity contribution in [3.05, 3.63) is 62.5 Å². The zero-order valence-corrected chi connectivity index (χ0v) is 14.2. The zero-order chi connectivity index (χ0) is 18.1. The Hall–Kier alpha value is -1.51. The molecule has 24 heavy (non-hydrogen) atoms. The molecule has 0 N–H and O–H groups in total. The first kappa shape index (κ1) is 18.8. The van der Waals surface area contributed by atoms with Gasteiger partial charge in [0.05, 0.1) is 21.2 Å². The summed E-state index contributed by atoms with van der Waals surface area (Å²) in [5, 5.41) is 0.0880. The summed E-state index contributed by atoms with van der Waals surface area (Å²) < 4.78 is 63.3. The van der Waals surface area contributed by atoms with E-state index in [2.05, 4.69) is 0 Å². The van der Waals surface area contributed by atoms with Gasteiger partial charge in [-0.05, 0) is 24.3 Å². The van der Waals surface area contributed by atoms with Gasteiger partial charge in [0.15, 0.2) is 9.84 Å². The molecule has 0 fully saturated rings. The topological polar surface area (TPSA) is 56.1 Å². The predicted molar refractivity (Wildman–Crippen MR) is 84.2 cm³/mol. The fourth-order valence-electron chi connectivity index (χ4n) is 1.92. The smallest absolute Gasteiger partial charge is 0.314 e. The highest BCUT2D eigenvalue weighted by atomic mass is 35.5. The Balaban J connectivity index is 2.30. The molecule has 2 rings (SSSR count). The van der Waals surface area contributed by atoms with E-state index >= 15 is 0 Å². The molecule has 0 amide bonds. The number of halogens is 5. The highest BCUT2D eigenvalue weighted by molar-refractivity contribution is 7.91. The van der Waals surface area contributed by atoms with Gasteiger partial charge in [-0.15, -0.1) is 0 Å². The minimum absolute atomic E-state index is 0.0595. The Morgan fingerprint density at radius 3 is 2.38 bits per heavy atom. The van der Waals surface area contributed by atoms with Gasteiger partial charge in [-0.1, -0.05) is 23.2 Å². The lowest BCUT2D eigenvalue weighted by molar-refractivity contribution is -0.138. The molecule has 0 saturated carbocycles. The lowest BCUT2D eigenvalue weighted by atomic mass is 10.3. The molecular formula is C14H10Cl2F3NO3S. The van der Waals surface area contributed by atoms with E-state index in [9.17, 15) is 26.4 Å². The molecule has 0 atom stereocenters. The molecule has 0 radical (unpaired) electrons. The first-order valence-electron chi connectivity index (χ1n) is 6.46. The summed E-state index contributed by atoms with van der Waals surface area (Å²) >= 11 is 11.6. The van der Waals surface area contributed by atoms with Crippen molar-refractivity contribution in [1.29, 1.82) is 0 Å². The number of aryl methyl sites for hydroxylation is 1. The maximum atomic E-state index is 12.7. The molecule has 0 aliphatic rings. The molecule has 4 nitrogen and oxygen atoms in total. The monoisotopic (exact) mass is 399 g/mol. The van der Waals surface area contributed by atoms with E-state index in [-0.39, 0.29) is 14.9 Å². The summed E-state index contributed by atoms with van der Waals surface area (Å²) in [4.78, 5) is 11.4. The van der Waals surface area contributed by atoms with Crippen molar-refractivity contribution in [2.45, 2.75) is 17.6 Å². The molecule has 2 aromatic rings. The predicted octanol–water partition coefficient (Wildman–Crippen LogP) is 3.65. The second kappa shape index (κ2) is 6.78. The van der Waals surface area contributed by atoms with Crippen molar-refractivity contribution in [2.24, 2.45) is 0 Å². The molecule has 0 saturated heterocycles. The quantitative estimate of drug-likeness (QED) is 0.788. The number of aromatic nitrogens is 1. The number of sulfone groups is 1. The van der Waals surface area contributed by atoms with Crippen molar-refractivity contribution in [3.8, 4) is 0 Å². The Kier molecular flexibility index (Phi) is 5.31. The van der Waals surface area contributed by atoms with E-state index in [1.54, 1.807) is 0 Å². The summed E-state index contributed by atoms with van der Waals surface area (Å²) in [7, 11) is -3.93. The second-order valence-corrected chi connectivity index (χ2v) is 7.76. The highest BCUT2D eigenvalue weighted by Gasteiger charge is 2.31. The molecule has 0 aliphatic heterocycles. The van der Waals surface area contributed by atoms with Gasteiger partial charge in [-0.25, -0.2) is 8.42 Å². The number of pyridine rings is 1. The number of benzene rings is 1. The first-order chi connectivity index (χ1) is 11.0. The lowest BCUT2D eigenvalue weighted by Gasteiger charge is -2.11. The van der Waals surface area contributed by atoms with Crippen molar-refractivity contribution < 1.29 is 21.6 Å². The summed E-state index contributed by atoms with van der Waals surface area (Å²) in [5.74, 6) is -0.603. The van der Waals surface area contributed by atoms with Crippen LogP contribution in [0.3, 0.4) is 0 Å². The summed E-state index contributed by atoms with van der Waals surface area (Å²) in [5.41, 5.74) is -1.78. The first-order valence-corrected chi connectivity index (χ1v) is 8.87. The third-order valence-electron chi connectivity index (χ3n) is 3.14. The van der Waals surface area contributed by atoms with Crippen LogP contribution in [0.5, 0.6) is 0 Å². The standard InChI is InChI=1S/C14H10Cl2F3NO3S/c15-10-2-3-11(16)12(7-10)24(22,23)6-5-20-8-9(14(17,18)19)1-4-13(20)21/h1-4,7-8H,5-6H2. The molecule has 0 unspecified atom stereocenters. The van der Waals surface area contributed by atoms with E-state index in [1.807, 2.05) is 0 Å². The Morgan fingerprint density at radius 2 is 1.75 bits per heavy atom. The third-order valence-corrected chi connectivity index (χ3v) is 5.54. The van der Waals surface area contributed by atoms with E-state index < -0.39 is 39.4 Å². The van der Waals surface area contributed by atoms with Crippen molar-refractivity contribution in [2.75, 3.05) is 5.75 Å². The van der Waals surface area contributed by atoms with Crippen LogP contribution >= 0.6 is 23.2 Å². The maximum Gasteiger partial charge on any atom is 0.417 e. The molecule has 130 valence electrons. The number of alkyl halides is 3.